The number of carbonyl (C=O) groups excluding carboxylic acids is 1. The standard InChI is InChI=1S/C20H22Cl2N2O3S/c1-13-5-3-7-18(14(13)2)23-20(25)15-6-4-10-24(12-15)28(26,27)19-11-16(21)8-9-17(19)22/h3,5,7-9,11,15H,4,6,10,12H2,1-2H3,(H,23,25)/t15-/m0/s1. The maximum absolute atomic E-state index is 13.0. The molecule has 1 aliphatic rings. The van der Waals surface area contributed by atoms with Crippen LogP contribution in [0, 0.1) is 19.8 Å². The molecule has 5 nitrogen and oxygen atoms in total. The Morgan fingerprint density at radius 3 is 2.68 bits per heavy atom. The number of carbonyl (C=O) groups is 1. The van der Waals surface area contributed by atoms with E-state index in [0.29, 0.717) is 24.4 Å². The molecule has 0 bridgehead atoms. The fraction of sp³-hybridized carbons (Fsp3) is 0.350. The molecular formula is C20H22Cl2N2O3S. The molecule has 0 aliphatic carbocycles. The number of amides is 1. The number of nitrogens with one attached hydrogen (secondary N) is 1. The molecule has 1 heterocycles. The molecule has 0 saturated carbocycles. The zero-order chi connectivity index (χ0) is 20.5. The Morgan fingerprint density at radius 2 is 1.93 bits per heavy atom. The van der Waals surface area contributed by atoms with E-state index >= 15 is 0 Å². The molecular weight excluding hydrogens is 419 g/mol. The van der Waals surface area contributed by atoms with E-state index in [0.717, 1.165) is 16.8 Å². The van der Waals surface area contributed by atoms with Gasteiger partial charge in [0.05, 0.1) is 10.9 Å². The summed E-state index contributed by atoms with van der Waals surface area (Å²) in [7, 11) is -3.83. The lowest BCUT2D eigenvalue weighted by Gasteiger charge is -2.31. The summed E-state index contributed by atoms with van der Waals surface area (Å²) in [6, 6.07) is 10.1. The molecule has 1 fully saturated rings. The third kappa shape index (κ3) is 4.35. The molecule has 0 radical (unpaired) electrons. The highest BCUT2D eigenvalue weighted by Gasteiger charge is 2.34. The van der Waals surface area contributed by atoms with Crippen molar-refractivity contribution < 1.29 is 13.2 Å². The molecule has 0 aromatic heterocycles. The minimum Gasteiger partial charge on any atom is -0.326 e. The summed E-state index contributed by atoms with van der Waals surface area (Å²) < 4.78 is 27.4. The van der Waals surface area contributed by atoms with Gasteiger partial charge in [-0.1, -0.05) is 35.3 Å². The third-order valence-electron chi connectivity index (χ3n) is 5.13. The van der Waals surface area contributed by atoms with Gasteiger partial charge in [-0.2, -0.15) is 4.31 Å². The number of sulfonamides is 1. The van der Waals surface area contributed by atoms with E-state index in [9.17, 15) is 13.2 Å². The predicted molar refractivity (Wildman–Crippen MR) is 112 cm³/mol. The molecule has 28 heavy (non-hydrogen) atoms. The van der Waals surface area contributed by atoms with Gasteiger partial charge in [-0.25, -0.2) is 8.42 Å². The SMILES string of the molecule is Cc1cccc(NC(=O)[C@H]2CCCN(S(=O)(=O)c3cc(Cl)ccc3Cl)C2)c1C. The van der Waals surface area contributed by atoms with Crippen LogP contribution >= 0.6 is 23.2 Å². The fourth-order valence-corrected chi connectivity index (χ4v) is 5.57. The quantitative estimate of drug-likeness (QED) is 0.751. The van der Waals surface area contributed by atoms with E-state index in [1.165, 1.54) is 16.4 Å². The van der Waals surface area contributed by atoms with Crippen molar-refractivity contribution >= 4 is 44.8 Å². The van der Waals surface area contributed by atoms with Crippen LogP contribution < -0.4 is 5.32 Å². The Balaban J connectivity index is 1.79. The van der Waals surface area contributed by atoms with Crippen LogP contribution in [-0.4, -0.2) is 31.7 Å². The number of nitrogens with zero attached hydrogens (tertiary/aromatic N) is 1. The highest BCUT2D eigenvalue weighted by Crippen LogP contribution is 2.31. The van der Waals surface area contributed by atoms with Gasteiger partial charge in [-0.3, -0.25) is 4.79 Å². The monoisotopic (exact) mass is 440 g/mol. The largest absolute Gasteiger partial charge is 0.326 e. The molecule has 1 aliphatic heterocycles. The lowest BCUT2D eigenvalue weighted by atomic mass is 9.98. The first-order valence-electron chi connectivity index (χ1n) is 9.02. The Labute approximate surface area is 175 Å². The van der Waals surface area contributed by atoms with Crippen LogP contribution in [0.25, 0.3) is 0 Å². The molecule has 8 heteroatoms. The van der Waals surface area contributed by atoms with Crippen molar-refractivity contribution in [3.8, 4) is 0 Å². The number of piperidine rings is 1. The van der Waals surface area contributed by atoms with Crippen LogP contribution in [-0.2, 0) is 14.8 Å². The van der Waals surface area contributed by atoms with E-state index in [-0.39, 0.29) is 22.4 Å². The maximum atomic E-state index is 13.0. The van der Waals surface area contributed by atoms with E-state index in [2.05, 4.69) is 5.32 Å². The lowest BCUT2D eigenvalue weighted by Crippen LogP contribution is -2.43. The molecule has 1 atom stereocenters. The summed E-state index contributed by atoms with van der Waals surface area (Å²) in [4.78, 5) is 12.8. The van der Waals surface area contributed by atoms with Crippen LogP contribution in [0.2, 0.25) is 10.0 Å². The van der Waals surface area contributed by atoms with Gasteiger partial charge in [0.25, 0.3) is 0 Å². The number of anilines is 1. The smallest absolute Gasteiger partial charge is 0.244 e. The Bertz CT molecular complexity index is 1010. The van der Waals surface area contributed by atoms with E-state index in [1.54, 1.807) is 6.07 Å². The number of hydrogen-bond acceptors (Lipinski definition) is 3. The average Bonchev–Trinajstić information content (AvgIpc) is 2.67. The van der Waals surface area contributed by atoms with Gasteiger partial charge in [-0.15, -0.1) is 0 Å². The number of rotatable bonds is 4. The maximum Gasteiger partial charge on any atom is 0.244 e. The molecule has 1 amide bonds. The highest BCUT2D eigenvalue weighted by molar-refractivity contribution is 7.89. The second-order valence-corrected chi connectivity index (χ2v) is 9.76. The molecule has 3 rings (SSSR count). The number of hydrogen-bond donors (Lipinski definition) is 1. The molecule has 0 unspecified atom stereocenters. The second kappa shape index (κ2) is 8.41. The van der Waals surface area contributed by atoms with E-state index in [4.69, 9.17) is 23.2 Å². The van der Waals surface area contributed by atoms with Crippen molar-refractivity contribution in [3.05, 3.63) is 57.6 Å². The lowest BCUT2D eigenvalue weighted by molar-refractivity contribution is -0.120. The topological polar surface area (TPSA) is 66.5 Å². The van der Waals surface area contributed by atoms with Crippen LogP contribution in [0.3, 0.4) is 0 Å². The molecule has 1 N–H and O–H groups in total. The van der Waals surface area contributed by atoms with Gasteiger partial charge >= 0.3 is 0 Å². The van der Waals surface area contributed by atoms with Crippen molar-refractivity contribution in [2.45, 2.75) is 31.6 Å². The summed E-state index contributed by atoms with van der Waals surface area (Å²) in [5.41, 5.74) is 2.84. The first-order chi connectivity index (χ1) is 13.2. The minimum absolute atomic E-state index is 0.0303. The average molecular weight is 441 g/mol. The van der Waals surface area contributed by atoms with Crippen molar-refractivity contribution in [2.75, 3.05) is 18.4 Å². The zero-order valence-corrected chi connectivity index (χ0v) is 18.0. The van der Waals surface area contributed by atoms with Crippen molar-refractivity contribution in [1.82, 2.24) is 4.31 Å². The zero-order valence-electron chi connectivity index (χ0n) is 15.7. The van der Waals surface area contributed by atoms with Crippen molar-refractivity contribution in [1.29, 1.82) is 0 Å². The summed E-state index contributed by atoms with van der Waals surface area (Å²) in [6.45, 7) is 4.39. The fourth-order valence-electron chi connectivity index (χ4n) is 3.31. The number of benzene rings is 2. The molecule has 1 saturated heterocycles. The Morgan fingerprint density at radius 1 is 1.18 bits per heavy atom. The van der Waals surface area contributed by atoms with Crippen LogP contribution in [0.4, 0.5) is 5.69 Å². The highest BCUT2D eigenvalue weighted by atomic mass is 35.5. The first-order valence-corrected chi connectivity index (χ1v) is 11.2. The Kier molecular flexibility index (Phi) is 6.34. The third-order valence-corrected chi connectivity index (χ3v) is 7.71. The molecule has 0 spiro atoms. The van der Waals surface area contributed by atoms with Gasteiger partial charge in [-0.05, 0) is 62.1 Å². The minimum atomic E-state index is -3.83. The summed E-state index contributed by atoms with van der Waals surface area (Å²) in [6.07, 6.45) is 1.23. The summed E-state index contributed by atoms with van der Waals surface area (Å²) >= 11 is 12.0. The number of halogens is 2. The molecule has 2 aromatic rings. The van der Waals surface area contributed by atoms with Gasteiger partial charge in [0.15, 0.2) is 0 Å². The van der Waals surface area contributed by atoms with Gasteiger partial charge in [0.2, 0.25) is 15.9 Å². The predicted octanol–water partition coefficient (Wildman–Crippen LogP) is 4.65. The second-order valence-electron chi connectivity index (χ2n) is 7.01. The van der Waals surface area contributed by atoms with Crippen LogP contribution in [0.5, 0.6) is 0 Å². The van der Waals surface area contributed by atoms with Crippen LogP contribution in [0.15, 0.2) is 41.3 Å². The normalized spacial score (nSPS) is 18.1. The molecule has 150 valence electrons. The number of aryl methyl sites for hydroxylation is 1. The van der Waals surface area contributed by atoms with E-state index < -0.39 is 15.9 Å². The summed E-state index contributed by atoms with van der Waals surface area (Å²) in [5.74, 6) is -0.604. The van der Waals surface area contributed by atoms with E-state index in [1.807, 2.05) is 32.0 Å². The van der Waals surface area contributed by atoms with Crippen LogP contribution in [0.1, 0.15) is 24.0 Å². The summed E-state index contributed by atoms with van der Waals surface area (Å²) in [5, 5.41) is 3.36. The van der Waals surface area contributed by atoms with Gasteiger partial charge in [0, 0.05) is 23.8 Å². The Hall–Kier alpha value is -1.60. The molecule has 2 aromatic carbocycles. The van der Waals surface area contributed by atoms with Crippen molar-refractivity contribution in [3.63, 3.8) is 0 Å². The van der Waals surface area contributed by atoms with Gasteiger partial charge < -0.3 is 5.32 Å². The first kappa shape index (κ1) is 21.1. The van der Waals surface area contributed by atoms with Crippen molar-refractivity contribution in [2.24, 2.45) is 5.92 Å². The van der Waals surface area contributed by atoms with Gasteiger partial charge in [0.1, 0.15) is 4.90 Å².